The molecule has 2 atom stereocenters. The van der Waals surface area contributed by atoms with Gasteiger partial charge < -0.3 is 10.6 Å². The molecule has 148 valence electrons. The van der Waals surface area contributed by atoms with Crippen molar-refractivity contribution >= 4 is 29.2 Å². The van der Waals surface area contributed by atoms with E-state index in [9.17, 15) is 9.59 Å². The second-order valence-electron chi connectivity index (χ2n) is 7.31. The van der Waals surface area contributed by atoms with Crippen molar-refractivity contribution in [1.29, 1.82) is 0 Å². The molecule has 0 radical (unpaired) electrons. The third kappa shape index (κ3) is 3.51. The van der Waals surface area contributed by atoms with Gasteiger partial charge in [0.2, 0.25) is 5.91 Å². The number of aryl methyl sites for hydroxylation is 3. The maximum absolute atomic E-state index is 13.0. The molecule has 2 N–H and O–H groups in total. The normalized spacial score (nSPS) is 18.1. The molecule has 0 spiro atoms. The summed E-state index contributed by atoms with van der Waals surface area (Å²) in [4.78, 5) is 25.9. The molecule has 0 unspecified atom stereocenters. The van der Waals surface area contributed by atoms with E-state index in [1.807, 2.05) is 44.2 Å². The van der Waals surface area contributed by atoms with E-state index in [4.69, 9.17) is 11.6 Å². The van der Waals surface area contributed by atoms with Crippen molar-refractivity contribution in [2.45, 2.75) is 25.8 Å². The summed E-state index contributed by atoms with van der Waals surface area (Å²) in [6.45, 7) is 3.85. The third-order valence-corrected chi connectivity index (χ3v) is 5.48. The van der Waals surface area contributed by atoms with E-state index in [2.05, 4.69) is 15.7 Å². The van der Waals surface area contributed by atoms with Crippen molar-refractivity contribution < 1.29 is 9.59 Å². The average molecular weight is 409 g/mol. The highest BCUT2D eigenvalue weighted by Gasteiger charge is 2.41. The van der Waals surface area contributed by atoms with Crippen LogP contribution in [0.4, 0.5) is 5.82 Å². The molecule has 0 aliphatic carbocycles. The first-order valence-corrected chi connectivity index (χ1v) is 9.70. The largest absolute Gasteiger partial charge is 0.339 e. The molecule has 0 saturated heterocycles. The Bertz CT molecular complexity index is 1100. The van der Waals surface area contributed by atoms with Gasteiger partial charge in [-0.05, 0) is 43.7 Å². The van der Waals surface area contributed by atoms with Crippen molar-refractivity contribution in [1.82, 2.24) is 15.1 Å². The SMILES string of the molecule is Cc1ccc(C(=O)N[C@H]2C(=O)Nc3c(c(C)nn3C)[C@H]2c2cccc(Cl)c2)cc1. The Morgan fingerprint density at radius 3 is 2.59 bits per heavy atom. The fraction of sp³-hybridized carbons (Fsp3) is 0.227. The Hall–Kier alpha value is -3.12. The Morgan fingerprint density at radius 2 is 1.90 bits per heavy atom. The van der Waals surface area contributed by atoms with Crippen LogP contribution in [0, 0.1) is 13.8 Å². The summed E-state index contributed by atoms with van der Waals surface area (Å²) in [6.07, 6.45) is 0. The summed E-state index contributed by atoms with van der Waals surface area (Å²) in [5, 5.41) is 10.8. The van der Waals surface area contributed by atoms with E-state index in [1.165, 1.54) is 0 Å². The zero-order valence-corrected chi connectivity index (χ0v) is 17.1. The number of amides is 2. The fourth-order valence-corrected chi connectivity index (χ4v) is 4.04. The van der Waals surface area contributed by atoms with Gasteiger partial charge in [0.15, 0.2) is 0 Å². The van der Waals surface area contributed by atoms with Gasteiger partial charge in [0.05, 0.1) is 5.69 Å². The van der Waals surface area contributed by atoms with Crippen molar-refractivity contribution in [2.75, 3.05) is 5.32 Å². The van der Waals surface area contributed by atoms with Crippen LogP contribution in [-0.4, -0.2) is 27.6 Å². The van der Waals surface area contributed by atoms with E-state index in [-0.39, 0.29) is 11.8 Å². The van der Waals surface area contributed by atoms with E-state index in [0.717, 1.165) is 22.4 Å². The first kappa shape index (κ1) is 19.2. The molecule has 1 aromatic heterocycles. The summed E-state index contributed by atoms with van der Waals surface area (Å²) in [5.74, 6) is -0.355. The van der Waals surface area contributed by atoms with E-state index in [1.54, 1.807) is 29.9 Å². The average Bonchev–Trinajstić information content (AvgIpc) is 2.96. The lowest BCUT2D eigenvalue weighted by atomic mass is 9.82. The Kier molecular flexibility index (Phi) is 4.88. The van der Waals surface area contributed by atoms with E-state index >= 15 is 0 Å². The molecule has 2 aromatic carbocycles. The number of halogens is 1. The minimum absolute atomic E-state index is 0.286. The Morgan fingerprint density at radius 1 is 1.17 bits per heavy atom. The van der Waals surface area contributed by atoms with Crippen molar-refractivity contribution in [2.24, 2.45) is 7.05 Å². The summed E-state index contributed by atoms with van der Waals surface area (Å²) in [5.41, 5.74) is 4.08. The Labute approximate surface area is 173 Å². The van der Waals surface area contributed by atoms with Crippen LogP contribution in [-0.2, 0) is 11.8 Å². The Balaban J connectivity index is 1.78. The summed E-state index contributed by atoms with van der Waals surface area (Å²) >= 11 is 6.23. The number of hydrogen-bond acceptors (Lipinski definition) is 3. The van der Waals surface area contributed by atoms with Gasteiger partial charge in [-0.25, -0.2) is 0 Å². The number of benzene rings is 2. The highest BCUT2D eigenvalue weighted by Crippen LogP contribution is 2.39. The molecular formula is C22H21ClN4O2. The van der Waals surface area contributed by atoms with Gasteiger partial charge in [-0.1, -0.05) is 41.4 Å². The monoisotopic (exact) mass is 408 g/mol. The number of anilines is 1. The second-order valence-corrected chi connectivity index (χ2v) is 7.75. The molecule has 0 bridgehead atoms. The summed E-state index contributed by atoms with van der Waals surface area (Å²) < 4.78 is 1.65. The molecule has 4 rings (SSSR count). The molecule has 29 heavy (non-hydrogen) atoms. The molecule has 0 saturated carbocycles. The van der Waals surface area contributed by atoms with Crippen molar-refractivity contribution in [3.63, 3.8) is 0 Å². The number of nitrogens with one attached hydrogen (secondary N) is 2. The number of fused-ring (bicyclic) bond motifs is 1. The van der Waals surface area contributed by atoms with Crippen LogP contribution in [0.25, 0.3) is 0 Å². The number of aromatic nitrogens is 2. The van der Waals surface area contributed by atoms with Crippen LogP contribution >= 0.6 is 11.6 Å². The molecule has 2 amide bonds. The second kappa shape index (κ2) is 7.37. The van der Waals surface area contributed by atoms with Crippen molar-refractivity contribution in [3.05, 3.63) is 81.5 Å². The predicted octanol–water partition coefficient (Wildman–Crippen LogP) is 3.57. The zero-order valence-electron chi connectivity index (χ0n) is 16.4. The molecule has 2 heterocycles. The summed E-state index contributed by atoms with van der Waals surface area (Å²) in [6, 6.07) is 13.8. The van der Waals surface area contributed by atoms with Gasteiger partial charge in [0.1, 0.15) is 11.9 Å². The number of carbonyl (C=O) groups is 2. The number of hydrogen-bond donors (Lipinski definition) is 2. The first-order chi connectivity index (χ1) is 13.8. The zero-order chi connectivity index (χ0) is 20.7. The highest BCUT2D eigenvalue weighted by atomic mass is 35.5. The van der Waals surface area contributed by atoms with Gasteiger partial charge in [0, 0.05) is 29.1 Å². The van der Waals surface area contributed by atoms with Gasteiger partial charge in [-0.15, -0.1) is 0 Å². The molecule has 3 aromatic rings. The quantitative estimate of drug-likeness (QED) is 0.695. The molecule has 1 aliphatic rings. The van der Waals surface area contributed by atoms with E-state index in [0.29, 0.717) is 16.4 Å². The minimum Gasteiger partial charge on any atom is -0.339 e. The summed E-state index contributed by atoms with van der Waals surface area (Å²) in [7, 11) is 1.78. The fourth-order valence-electron chi connectivity index (χ4n) is 3.85. The topological polar surface area (TPSA) is 76.0 Å². The lowest BCUT2D eigenvalue weighted by Crippen LogP contribution is -2.50. The number of carbonyl (C=O) groups excluding carboxylic acids is 2. The van der Waals surface area contributed by atoms with Gasteiger partial charge in [-0.3, -0.25) is 14.3 Å². The molecule has 0 fully saturated rings. The third-order valence-electron chi connectivity index (χ3n) is 5.25. The van der Waals surface area contributed by atoms with Crippen LogP contribution in [0.2, 0.25) is 5.02 Å². The van der Waals surface area contributed by atoms with Crippen LogP contribution < -0.4 is 10.6 Å². The van der Waals surface area contributed by atoms with Gasteiger partial charge >= 0.3 is 0 Å². The van der Waals surface area contributed by atoms with Gasteiger partial charge in [0.25, 0.3) is 5.91 Å². The lowest BCUT2D eigenvalue weighted by molar-refractivity contribution is -0.118. The molecular weight excluding hydrogens is 388 g/mol. The van der Waals surface area contributed by atoms with Crippen LogP contribution in [0.3, 0.4) is 0 Å². The lowest BCUT2D eigenvalue weighted by Gasteiger charge is -2.32. The maximum atomic E-state index is 13.0. The minimum atomic E-state index is -0.794. The molecule has 7 heteroatoms. The number of nitrogens with zero attached hydrogens (tertiary/aromatic N) is 2. The molecule has 1 aliphatic heterocycles. The standard InChI is InChI=1S/C22H21ClN4O2/c1-12-7-9-14(10-8-12)21(28)24-19-18(15-5-4-6-16(23)11-15)17-13(2)26-27(3)20(17)25-22(19)29/h4-11,18-19H,1-3H3,(H,24,28)(H,25,29)/t18-,19-/m1/s1. The smallest absolute Gasteiger partial charge is 0.251 e. The van der Waals surface area contributed by atoms with Crippen LogP contribution in [0.15, 0.2) is 48.5 Å². The van der Waals surface area contributed by atoms with Gasteiger partial charge in [-0.2, -0.15) is 5.10 Å². The highest BCUT2D eigenvalue weighted by molar-refractivity contribution is 6.30. The first-order valence-electron chi connectivity index (χ1n) is 9.32. The maximum Gasteiger partial charge on any atom is 0.251 e. The van der Waals surface area contributed by atoms with Crippen LogP contribution in [0.1, 0.15) is 38.7 Å². The molecule has 6 nitrogen and oxygen atoms in total. The van der Waals surface area contributed by atoms with Crippen molar-refractivity contribution in [3.8, 4) is 0 Å². The van der Waals surface area contributed by atoms with Crippen LogP contribution in [0.5, 0.6) is 0 Å². The predicted molar refractivity (Wildman–Crippen MR) is 112 cm³/mol. The van der Waals surface area contributed by atoms with E-state index < -0.39 is 12.0 Å². The number of rotatable bonds is 3.